The lowest BCUT2D eigenvalue weighted by atomic mass is 10.0. The number of amides is 1. The van der Waals surface area contributed by atoms with Crippen LogP contribution in [0.5, 0.6) is 5.75 Å². The lowest BCUT2D eigenvalue weighted by Gasteiger charge is -2.21. The maximum Gasteiger partial charge on any atom is 0.256 e. The van der Waals surface area contributed by atoms with Gasteiger partial charge in [-0.05, 0) is 36.8 Å². The zero-order chi connectivity index (χ0) is 18.5. The fourth-order valence-corrected chi connectivity index (χ4v) is 3.03. The normalized spacial score (nSPS) is 14.3. The Kier molecular flexibility index (Phi) is 5.58. The highest BCUT2D eigenvalue weighted by Crippen LogP contribution is 2.36. The van der Waals surface area contributed by atoms with Gasteiger partial charge in [-0.3, -0.25) is 4.79 Å². The first kappa shape index (κ1) is 18.0. The number of likely N-dealkylation sites (N-methyl/N-ethyl adjacent to an activating group) is 1. The van der Waals surface area contributed by atoms with Crippen molar-refractivity contribution >= 4 is 28.9 Å². The van der Waals surface area contributed by atoms with Crippen molar-refractivity contribution in [1.29, 1.82) is 0 Å². The number of ether oxygens (including phenoxy) is 2. The monoisotopic (exact) mass is 352 g/mol. The molecule has 5 heteroatoms. The molecule has 0 bridgehead atoms. The highest BCUT2D eigenvalue weighted by Gasteiger charge is 2.25. The van der Waals surface area contributed by atoms with Gasteiger partial charge in [-0.25, -0.2) is 0 Å². The van der Waals surface area contributed by atoms with Crippen molar-refractivity contribution in [3.63, 3.8) is 0 Å². The maximum atomic E-state index is 12.5. The largest absolute Gasteiger partial charge is 0.494 e. The summed E-state index contributed by atoms with van der Waals surface area (Å²) in [7, 11) is 3.71. The van der Waals surface area contributed by atoms with Crippen LogP contribution in [-0.2, 0) is 9.53 Å². The Morgan fingerprint density at radius 3 is 2.77 bits per heavy atom. The molecule has 3 rings (SSSR count). The molecule has 0 saturated carbocycles. The number of fused-ring (bicyclic) bond motifs is 1. The summed E-state index contributed by atoms with van der Waals surface area (Å²) in [6.45, 7) is 3.95. The van der Waals surface area contributed by atoms with Crippen LogP contribution in [0.2, 0.25) is 0 Å². The van der Waals surface area contributed by atoms with Crippen LogP contribution in [0.1, 0.15) is 18.1 Å². The first-order valence-electron chi connectivity index (χ1n) is 8.73. The van der Waals surface area contributed by atoms with E-state index in [1.807, 2.05) is 62.5 Å². The molecular formula is C21H24N2O3. The number of anilines is 2. The molecule has 136 valence electrons. The van der Waals surface area contributed by atoms with Crippen LogP contribution in [-0.4, -0.2) is 39.8 Å². The molecule has 1 aliphatic rings. The second-order valence-corrected chi connectivity index (χ2v) is 6.13. The van der Waals surface area contributed by atoms with Crippen LogP contribution in [0.15, 0.2) is 42.5 Å². The minimum atomic E-state index is -0.0944. The minimum absolute atomic E-state index is 0.0944. The van der Waals surface area contributed by atoms with E-state index < -0.39 is 0 Å². The minimum Gasteiger partial charge on any atom is -0.494 e. The van der Waals surface area contributed by atoms with Gasteiger partial charge in [-0.2, -0.15) is 0 Å². The third kappa shape index (κ3) is 3.73. The van der Waals surface area contributed by atoms with Crippen LogP contribution < -0.4 is 15.0 Å². The van der Waals surface area contributed by atoms with Gasteiger partial charge in [0.25, 0.3) is 5.91 Å². The third-order valence-corrected chi connectivity index (χ3v) is 4.36. The van der Waals surface area contributed by atoms with Gasteiger partial charge in [0.1, 0.15) is 5.75 Å². The summed E-state index contributed by atoms with van der Waals surface area (Å²) in [5.74, 6) is 0.662. The lowest BCUT2D eigenvalue weighted by Crippen LogP contribution is -2.22. The highest BCUT2D eigenvalue weighted by atomic mass is 16.5. The fraction of sp³-hybridized carbons (Fsp3) is 0.286. The van der Waals surface area contributed by atoms with Crippen LogP contribution in [0.3, 0.4) is 0 Å². The first-order valence-corrected chi connectivity index (χ1v) is 8.73. The SMILES string of the molecule is CCOc1ccc2c(c1)NC(=O)/C2=C/c1ccccc1N(C)CCOC. The molecule has 2 aromatic rings. The Hall–Kier alpha value is -2.79. The number of para-hydroxylation sites is 1. The molecule has 1 aliphatic heterocycles. The molecule has 2 aromatic carbocycles. The van der Waals surface area contributed by atoms with Gasteiger partial charge in [-0.15, -0.1) is 0 Å². The lowest BCUT2D eigenvalue weighted by molar-refractivity contribution is -0.110. The van der Waals surface area contributed by atoms with Crippen molar-refractivity contribution < 1.29 is 14.3 Å². The van der Waals surface area contributed by atoms with Gasteiger partial charge >= 0.3 is 0 Å². The van der Waals surface area contributed by atoms with Gasteiger partial charge in [0.15, 0.2) is 0 Å². The van der Waals surface area contributed by atoms with Crippen LogP contribution in [0, 0.1) is 0 Å². The van der Waals surface area contributed by atoms with Crippen molar-refractivity contribution in [2.24, 2.45) is 0 Å². The molecule has 0 saturated heterocycles. The number of hydrogen-bond acceptors (Lipinski definition) is 4. The van der Waals surface area contributed by atoms with E-state index in [1.54, 1.807) is 7.11 Å². The second kappa shape index (κ2) is 8.06. The summed E-state index contributed by atoms with van der Waals surface area (Å²) in [5, 5.41) is 2.93. The van der Waals surface area contributed by atoms with E-state index in [4.69, 9.17) is 9.47 Å². The van der Waals surface area contributed by atoms with Crippen LogP contribution in [0.4, 0.5) is 11.4 Å². The standard InChI is InChI=1S/C21H24N2O3/c1-4-26-16-9-10-17-18(21(24)22-19(17)14-16)13-15-7-5-6-8-20(15)23(2)11-12-25-3/h5-10,13-14H,4,11-12H2,1-3H3,(H,22,24)/b18-13+. The molecule has 5 nitrogen and oxygen atoms in total. The molecule has 1 N–H and O–H groups in total. The van der Waals surface area contributed by atoms with E-state index in [-0.39, 0.29) is 5.91 Å². The van der Waals surface area contributed by atoms with Crippen molar-refractivity contribution in [3.8, 4) is 5.75 Å². The number of nitrogens with one attached hydrogen (secondary N) is 1. The number of rotatable bonds is 7. The second-order valence-electron chi connectivity index (χ2n) is 6.13. The topological polar surface area (TPSA) is 50.8 Å². The Morgan fingerprint density at radius 1 is 1.19 bits per heavy atom. The summed E-state index contributed by atoms with van der Waals surface area (Å²) in [5.41, 5.74) is 4.41. The highest BCUT2D eigenvalue weighted by molar-refractivity contribution is 6.35. The summed E-state index contributed by atoms with van der Waals surface area (Å²) < 4.78 is 10.7. The molecule has 0 atom stereocenters. The smallest absolute Gasteiger partial charge is 0.256 e. The maximum absolute atomic E-state index is 12.5. The molecule has 0 aliphatic carbocycles. The average Bonchev–Trinajstić information content (AvgIpc) is 2.95. The van der Waals surface area contributed by atoms with Gasteiger partial charge in [0.05, 0.1) is 18.9 Å². The van der Waals surface area contributed by atoms with Gasteiger partial charge in [-0.1, -0.05) is 18.2 Å². The van der Waals surface area contributed by atoms with Crippen molar-refractivity contribution in [1.82, 2.24) is 0 Å². The van der Waals surface area contributed by atoms with E-state index in [0.29, 0.717) is 18.8 Å². The molecular weight excluding hydrogens is 328 g/mol. The molecule has 26 heavy (non-hydrogen) atoms. The van der Waals surface area contributed by atoms with Gasteiger partial charge < -0.3 is 19.7 Å². The first-order chi connectivity index (χ1) is 12.6. The van der Waals surface area contributed by atoms with E-state index in [1.165, 1.54) is 0 Å². The molecule has 0 fully saturated rings. The van der Waals surface area contributed by atoms with E-state index in [0.717, 1.165) is 34.8 Å². The summed E-state index contributed by atoms with van der Waals surface area (Å²) in [6, 6.07) is 13.7. The fourth-order valence-electron chi connectivity index (χ4n) is 3.03. The molecule has 1 amide bonds. The summed E-state index contributed by atoms with van der Waals surface area (Å²) in [6.07, 6.45) is 1.94. The number of carbonyl (C=O) groups excluding carboxylic acids is 1. The Labute approximate surface area is 154 Å². The molecule has 0 spiro atoms. The Balaban J connectivity index is 1.96. The zero-order valence-electron chi connectivity index (χ0n) is 15.4. The van der Waals surface area contributed by atoms with Crippen molar-refractivity contribution in [2.75, 3.05) is 44.1 Å². The predicted molar refractivity (Wildman–Crippen MR) is 106 cm³/mol. The van der Waals surface area contributed by atoms with Crippen molar-refractivity contribution in [2.45, 2.75) is 6.92 Å². The van der Waals surface area contributed by atoms with Crippen molar-refractivity contribution in [3.05, 3.63) is 53.6 Å². The van der Waals surface area contributed by atoms with E-state index >= 15 is 0 Å². The predicted octanol–water partition coefficient (Wildman–Crippen LogP) is 3.66. The average molecular weight is 352 g/mol. The Bertz CT molecular complexity index is 830. The number of carbonyl (C=O) groups is 1. The molecule has 0 radical (unpaired) electrons. The Morgan fingerprint density at radius 2 is 2.00 bits per heavy atom. The number of benzene rings is 2. The van der Waals surface area contributed by atoms with E-state index in [2.05, 4.69) is 10.2 Å². The number of hydrogen-bond donors (Lipinski definition) is 1. The van der Waals surface area contributed by atoms with Gasteiger partial charge in [0.2, 0.25) is 0 Å². The summed E-state index contributed by atoms with van der Waals surface area (Å²) in [4.78, 5) is 14.6. The number of methoxy groups -OCH3 is 1. The van der Waals surface area contributed by atoms with E-state index in [9.17, 15) is 4.79 Å². The molecule has 0 aromatic heterocycles. The quantitative estimate of drug-likeness (QED) is 0.773. The zero-order valence-corrected chi connectivity index (χ0v) is 15.4. The van der Waals surface area contributed by atoms with Crippen LogP contribution >= 0.6 is 0 Å². The van der Waals surface area contributed by atoms with Gasteiger partial charge in [0, 0.05) is 43.6 Å². The van der Waals surface area contributed by atoms with Crippen LogP contribution in [0.25, 0.3) is 11.6 Å². The third-order valence-electron chi connectivity index (χ3n) is 4.36. The number of nitrogens with zero attached hydrogens (tertiary/aromatic N) is 1. The molecule has 1 heterocycles. The summed E-state index contributed by atoms with van der Waals surface area (Å²) >= 11 is 0. The molecule has 0 unspecified atom stereocenters.